The fraction of sp³-hybridized carbons (Fsp3) is 0.625. The van der Waals surface area contributed by atoms with Crippen molar-refractivity contribution in [2.75, 3.05) is 0 Å². The fourth-order valence-corrected chi connectivity index (χ4v) is 0.738. The maximum Gasteiger partial charge on any atom is 0.325 e. The molecule has 0 aliphatic rings. The van der Waals surface area contributed by atoms with Gasteiger partial charge in [0.25, 0.3) is 0 Å². The van der Waals surface area contributed by atoms with Gasteiger partial charge in [-0.1, -0.05) is 13.8 Å². The number of rotatable bonds is 1. The monoisotopic (exact) mass is 156 g/mol. The van der Waals surface area contributed by atoms with Crippen molar-refractivity contribution in [2.24, 2.45) is 0 Å². The summed E-state index contributed by atoms with van der Waals surface area (Å²) in [7, 11) is 0. The molecule has 3 nitrogen and oxygen atoms in total. The van der Waals surface area contributed by atoms with Crippen LogP contribution in [0, 0.1) is 0 Å². The lowest BCUT2D eigenvalue weighted by Crippen LogP contribution is -2.17. The van der Waals surface area contributed by atoms with Crippen LogP contribution < -0.4 is 5.69 Å². The highest BCUT2D eigenvalue weighted by atomic mass is 16.1. The molecule has 1 heterocycles. The van der Waals surface area contributed by atoms with E-state index in [1.54, 1.807) is 17.0 Å². The van der Waals surface area contributed by atoms with E-state index in [0.717, 1.165) is 0 Å². The Morgan fingerprint density at radius 3 is 2.18 bits per heavy atom. The zero-order valence-electron chi connectivity index (χ0n) is 7.59. The molecule has 1 aromatic rings. The molecule has 0 aliphatic heterocycles. The lowest BCUT2D eigenvalue weighted by molar-refractivity contribution is 0.580. The minimum Gasteiger partial charge on any atom is -0.313 e. The summed E-state index contributed by atoms with van der Waals surface area (Å²) < 4.78 is 1.64. The Bertz CT molecular complexity index is 234. The molecule has 1 N–H and O–H groups in total. The third-order valence-electron chi connectivity index (χ3n) is 1.23. The maximum absolute atomic E-state index is 10.8. The zero-order valence-corrected chi connectivity index (χ0v) is 7.59. The average molecular weight is 156 g/mol. The molecule has 0 bridgehead atoms. The Hall–Kier alpha value is -0.990. The third-order valence-corrected chi connectivity index (χ3v) is 1.23. The summed E-state index contributed by atoms with van der Waals surface area (Å²) in [5, 5.41) is 0. The fourth-order valence-electron chi connectivity index (χ4n) is 0.738. The molecule has 0 unspecified atom stereocenters. The second-order valence-electron chi connectivity index (χ2n) is 2.27. The first kappa shape index (κ1) is 10.0. The molecule has 64 valence electrons. The second kappa shape index (κ2) is 4.77. The summed E-state index contributed by atoms with van der Waals surface area (Å²) in [5.74, 6) is 0. The number of hydrogen-bond acceptors (Lipinski definition) is 1. The van der Waals surface area contributed by atoms with Gasteiger partial charge in [0, 0.05) is 18.4 Å². The number of hydrogen-bond donors (Lipinski definition) is 1. The van der Waals surface area contributed by atoms with Gasteiger partial charge in [-0.25, -0.2) is 4.79 Å². The van der Waals surface area contributed by atoms with E-state index in [0.29, 0.717) is 0 Å². The summed E-state index contributed by atoms with van der Waals surface area (Å²) in [5.41, 5.74) is -0.0370. The van der Waals surface area contributed by atoms with Gasteiger partial charge in [0.05, 0.1) is 0 Å². The largest absolute Gasteiger partial charge is 0.325 e. The van der Waals surface area contributed by atoms with E-state index in [4.69, 9.17) is 0 Å². The van der Waals surface area contributed by atoms with Crippen LogP contribution in [-0.2, 0) is 0 Å². The van der Waals surface area contributed by atoms with E-state index in [9.17, 15) is 4.79 Å². The van der Waals surface area contributed by atoms with Crippen molar-refractivity contribution in [3.05, 3.63) is 22.9 Å². The molecule has 0 atom stereocenters. The molecular weight excluding hydrogens is 140 g/mol. The number of aromatic amines is 1. The van der Waals surface area contributed by atoms with Crippen molar-refractivity contribution < 1.29 is 0 Å². The van der Waals surface area contributed by atoms with Gasteiger partial charge >= 0.3 is 5.69 Å². The van der Waals surface area contributed by atoms with Crippen LogP contribution in [0.4, 0.5) is 0 Å². The van der Waals surface area contributed by atoms with E-state index in [1.165, 1.54) is 0 Å². The third kappa shape index (κ3) is 2.62. The van der Waals surface area contributed by atoms with Gasteiger partial charge in [-0.2, -0.15) is 0 Å². The SMILES string of the molecule is CC.CC(C)n1cc[nH]c1=O. The Labute approximate surface area is 67.1 Å². The minimum atomic E-state index is -0.0370. The molecular formula is C8H16N2O. The molecule has 0 aromatic carbocycles. The van der Waals surface area contributed by atoms with Crippen LogP contribution in [-0.4, -0.2) is 9.55 Å². The summed E-state index contributed by atoms with van der Waals surface area (Å²) in [6.45, 7) is 7.94. The first-order valence-electron chi connectivity index (χ1n) is 3.97. The Morgan fingerprint density at radius 1 is 1.45 bits per heavy atom. The summed E-state index contributed by atoms with van der Waals surface area (Å²) >= 11 is 0. The quantitative estimate of drug-likeness (QED) is 0.661. The van der Waals surface area contributed by atoms with Gasteiger partial charge in [0.15, 0.2) is 0 Å². The highest BCUT2D eigenvalue weighted by molar-refractivity contribution is 4.77. The lowest BCUT2D eigenvalue weighted by Gasteiger charge is -2.01. The maximum atomic E-state index is 10.8. The van der Waals surface area contributed by atoms with Gasteiger partial charge < -0.3 is 4.98 Å². The highest BCUT2D eigenvalue weighted by Gasteiger charge is 1.97. The average Bonchev–Trinajstić information content (AvgIpc) is 2.39. The van der Waals surface area contributed by atoms with E-state index in [2.05, 4.69) is 4.98 Å². The molecule has 0 spiro atoms. The van der Waals surface area contributed by atoms with Crippen molar-refractivity contribution in [1.29, 1.82) is 0 Å². The number of H-pyrrole nitrogens is 1. The van der Waals surface area contributed by atoms with Crippen molar-refractivity contribution in [3.63, 3.8) is 0 Å². The molecule has 0 radical (unpaired) electrons. The predicted molar refractivity (Wildman–Crippen MR) is 46.8 cm³/mol. The Balaban J connectivity index is 0.000000461. The molecule has 0 saturated heterocycles. The normalized spacial score (nSPS) is 9.18. The summed E-state index contributed by atoms with van der Waals surface area (Å²) in [6.07, 6.45) is 3.38. The van der Waals surface area contributed by atoms with Crippen LogP contribution in [0.3, 0.4) is 0 Å². The smallest absolute Gasteiger partial charge is 0.313 e. The van der Waals surface area contributed by atoms with Gasteiger partial charge in [-0.15, -0.1) is 0 Å². The minimum absolute atomic E-state index is 0.0370. The number of aromatic nitrogens is 2. The zero-order chi connectivity index (χ0) is 8.85. The van der Waals surface area contributed by atoms with Gasteiger partial charge in [0.2, 0.25) is 0 Å². The Morgan fingerprint density at radius 2 is 2.00 bits per heavy atom. The van der Waals surface area contributed by atoms with Gasteiger partial charge in [-0.3, -0.25) is 4.57 Å². The second-order valence-corrected chi connectivity index (χ2v) is 2.27. The molecule has 0 saturated carbocycles. The van der Waals surface area contributed by atoms with Crippen LogP contribution in [0.15, 0.2) is 17.2 Å². The number of nitrogens with one attached hydrogen (secondary N) is 1. The van der Waals surface area contributed by atoms with E-state index in [-0.39, 0.29) is 11.7 Å². The van der Waals surface area contributed by atoms with Crippen molar-refractivity contribution in [2.45, 2.75) is 33.7 Å². The van der Waals surface area contributed by atoms with Crippen LogP contribution >= 0.6 is 0 Å². The summed E-state index contributed by atoms with van der Waals surface area (Å²) in [4.78, 5) is 13.3. The van der Waals surface area contributed by atoms with E-state index in [1.807, 2.05) is 27.7 Å². The first-order valence-corrected chi connectivity index (χ1v) is 3.97. The molecule has 0 amide bonds. The molecule has 1 aromatic heterocycles. The van der Waals surface area contributed by atoms with Crippen LogP contribution in [0.5, 0.6) is 0 Å². The standard InChI is InChI=1S/C6H10N2O.C2H6/c1-5(2)8-4-3-7-6(8)9;1-2/h3-5H,1-2H3,(H,7,9);1-2H3. The lowest BCUT2D eigenvalue weighted by atomic mass is 10.4. The molecule has 11 heavy (non-hydrogen) atoms. The highest BCUT2D eigenvalue weighted by Crippen LogP contribution is 1.95. The van der Waals surface area contributed by atoms with Crippen molar-refractivity contribution >= 4 is 0 Å². The van der Waals surface area contributed by atoms with Crippen LogP contribution in [0.25, 0.3) is 0 Å². The first-order chi connectivity index (χ1) is 5.22. The molecule has 0 fully saturated rings. The molecule has 1 rings (SSSR count). The van der Waals surface area contributed by atoms with Crippen molar-refractivity contribution in [1.82, 2.24) is 9.55 Å². The topological polar surface area (TPSA) is 37.8 Å². The molecule has 3 heteroatoms. The van der Waals surface area contributed by atoms with Gasteiger partial charge in [-0.05, 0) is 13.8 Å². The van der Waals surface area contributed by atoms with Crippen LogP contribution in [0.2, 0.25) is 0 Å². The number of nitrogens with zero attached hydrogens (tertiary/aromatic N) is 1. The molecule has 0 aliphatic carbocycles. The summed E-state index contributed by atoms with van der Waals surface area (Å²) in [6, 6.07) is 0.253. The van der Waals surface area contributed by atoms with Crippen LogP contribution in [0.1, 0.15) is 33.7 Å². The van der Waals surface area contributed by atoms with Crippen molar-refractivity contribution in [3.8, 4) is 0 Å². The van der Waals surface area contributed by atoms with Gasteiger partial charge in [0.1, 0.15) is 0 Å². The van der Waals surface area contributed by atoms with E-state index >= 15 is 0 Å². The Kier molecular flexibility index (Phi) is 4.34. The predicted octanol–water partition coefficient (Wildman–Crippen LogP) is 1.78. The number of imidazole rings is 1. The van der Waals surface area contributed by atoms with E-state index < -0.39 is 0 Å².